The van der Waals surface area contributed by atoms with Crippen LogP contribution in [-0.4, -0.2) is 48.9 Å². The highest BCUT2D eigenvalue weighted by Crippen LogP contribution is 2.34. The van der Waals surface area contributed by atoms with Gasteiger partial charge in [-0.15, -0.1) is 11.3 Å². The number of nitrogens with zero attached hydrogens (tertiary/aromatic N) is 2. The van der Waals surface area contributed by atoms with Crippen molar-refractivity contribution in [3.8, 4) is 10.4 Å². The molecule has 144 valence electrons. The molecule has 1 aliphatic rings. The SMILES string of the molecule is Cc1ccc([C@@H]2CN(C(=O)c3ccc(-c4ccccc4)s3)C[C@H]2N(C)C)cc1. The first-order valence-corrected chi connectivity index (χ1v) is 10.5. The Kier molecular flexibility index (Phi) is 5.33. The van der Waals surface area contributed by atoms with E-state index in [0.29, 0.717) is 12.0 Å². The van der Waals surface area contributed by atoms with E-state index in [2.05, 4.69) is 68.4 Å². The fourth-order valence-corrected chi connectivity index (χ4v) is 4.96. The molecule has 1 saturated heterocycles. The summed E-state index contributed by atoms with van der Waals surface area (Å²) < 4.78 is 0. The summed E-state index contributed by atoms with van der Waals surface area (Å²) in [6, 6.07) is 23.4. The highest BCUT2D eigenvalue weighted by atomic mass is 32.1. The lowest BCUT2D eigenvalue weighted by atomic mass is 9.93. The molecule has 1 amide bonds. The Morgan fingerprint density at radius 2 is 1.68 bits per heavy atom. The average molecular weight is 391 g/mol. The Labute approximate surface area is 171 Å². The minimum atomic E-state index is 0.147. The third-order valence-electron chi connectivity index (χ3n) is 5.62. The Bertz CT molecular complexity index is 946. The van der Waals surface area contributed by atoms with Gasteiger partial charge in [0.2, 0.25) is 0 Å². The summed E-state index contributed by atoms with van der Waals surface area (Å²) in [6.07, 6.45) is 0. The Morgan fingerprint density at radius 3 is 2.36 bits per heavy atom. The van der Waals surface area contributed by atoms with E-state index in [9.17, 15) is 4.79 Å². The number of aryl methyl sites for hydroxylation is 1. The summed E-state index contributed by atoms with van der Waals surface area (Å²) in [5, 5.41) is 0. The zero-order chi connectivity index (χ0) is 19.7. The molecule has 0 spiro atoms. The second-order valence-corrected chi connectivity index (χ2v) is 8.87. The molecule has 2 heterocycles. The number of likely N-dealkylation sites (N-methyl/N-ethyl adjacent to an activating group) is 1. The van der Waals surface area contributed by atoms with Crippen molar-refractivity contribution in [2.24, 2.45) is 0 Å². The zero-order valence-electron chi connectivity index (χ0n) is 16.6. The van der Waals surface area contributed by atoms with E-state index >= 15 is 0 Å². The van der Waals surface area contributed by atoms with Gasteiger partial charge in [-0.1, -0.05) is 60.2 Å². The molecule has 1 aliphatic heterocycles. The molecule has 1 fully saturated rings. The molecule has 3 nitrogen and oxygen atoms in total. The van der Waals surface area contributed by atoms with Gasteiger partial charge in [0.1, 0.15) is 0 Å². The van der Waals surface area contributed by atoms with Crippen molar-refractivity contribution in [1.82, 2.24) is 9.80 Å². The van der Waals surface area contributed by atoms with Crippen LogP contribution in [0.5, 0.6) is 0 Å². The molecule has 2 atom stereocenters. The maximum atomic E-state index is 13.2. The normalized spacial score (nSPS) is 19.4. The predicted octanol–water partition coefficient (Wildman–Crippen LogP) is 4.89. The van der Waals surface area contributed by atoms with E-state index in [0.717, 1.165) is 28.4 Å². The number of hydrogen-bond acceptors (Lipinski definition) is 3. The minimum Gasteiger partial charge on any atom is -0.336 e. The number of amides is 1. The summed E-state index contributed by atoms with van der Waals surface area (Å²) in [4.78, 5) is 19.4. The maximum absolute atomic E-state index is 13.2. The summed E-state index contributed by atoms with van der Waals surface area (Å²) >= 11 is 1.58. The molecule has 28 heavy (non-hydrogen) atoms. The molecule has 1 aromatic heterocycles. The van der Waals surface area contributed by atoms with Gasteiger partial charge in [-0.05, 0) is 44.3 Å². The van der Waals surface area contributed by atoms with Crippen molar-refractivity contribution in [2.75, 3.05) is 27.2 Å². The largest absolute Gasteiger partial charge is 0.336 e. The van der Waals surface area contributed by atoms with Crippen LogP contribution < -0.4 is 0 Å². The van der Waals surface area contributed by atoms with Crippen LogP contribution in [-0.2, 0) is 0 Å². The van der Waals surface area contributed by atoms with Crippen LogP contribution >= 0.6 is 11.3 Å². The van der Waals surface area contributed by atoms with Gasteiger partial charge in [0.15, 0.2) is 0 Å². The maximum Gasteiger partial charge on any atom is 0.264 e. The Morgan fingerprint density at radius 1 is 0.964 bits per heavy atom. The second kappa shape index (κ2) is 7.90. The van der Waals surface area contributed by atoms with Crippen molar-refractivity contribution in [3.05, 3.63) is 82.7 Å². The lowest BCUT2D eigenvalue weighted by Crippen LogP contribution is -2.35. The van der Waals surface area contributed by atoms with Crippen molar-refractivity contribution < 1.29 is 4.79 Å². The minimum absolute atomic E-state index is 0.147. The Hall–Kier alpha value is -2.43. The molecule has 0 unspecified atom stereocenters. The van der Waals surface area contributed by atoms with E-state index in [-0.39, 0.29) is 5.91 Å². The smallest absolute Gasteiger partial charge is 0.264 e. The zero-order valence-corrected chi connectivity index (χ0v) is 17.4. The fraction of sp³-hybridized carbons (Fsp3) is 0.292. The third kappa shape index (κ3) is 3.75. The van der Waals surface area contributed by atoms with Gasteiger partial charge in [0, 0.05) is 29.9 Å². The number of hydrogen-bond donors (Lipinski definition) is 0. The monoisotopic (exact) mass is 390 g/mol. The van der Waals surface area contributed by atoms with Crippen LogP contribution in [0.1, 0.15) is 26.7 Å². The molecule has 0 saturated carbocycles. The highest BCUT2D eigenvalue weighted by Gasteiger charge is 2.37. The first-order valence-electron chi connectivity index (χ1n) is 9.70. The first kappa shape index (κ1) is 18.9. The van der Waals surface area contributed by atoms with E-state index in [1.807, 2.05) is 29.2 Å². The van der Waals surface area contributed by atoms with Crippen LogP contribution in [0, 0.1) is 6.92 Å². The molecule has 3 aromatic rings. The van der Waals surface area contributed by atoms with Crippen molar-refractivity contribution in [1.29, 1.82) is 0 Å². The van der Waals surface area contributed by atoms with Crippen molar-refractivity contribution in [3.63, 3.8) is 0 Å². The van der Waals surface area contributed by atoms with Crippen LogP contribution in [0.3, 0.4) is 0 Å². The van der Waals surface area contributed by atoms with Gasteiger partial charge in [0.25, 0.3) is 5.91 Å². The molecule has 4 heteroatoms. The summed E-state index contributed by atoms with van der Waals surface area (Å²) in [7, 11) is 4.22. The molecule has 2 aromatic carbocycles. The van der Waals surface area contributed by atoms with E-state index in [1.165, 1.54) is 11.1 Å². The van der Waals surface area contributed by atoms with E-state index < -0.39 is 0 Å². The fourth-order valence-electron chi connectivity index (χ4n) is 3.98. The van der Waals surface area contributed by atoms with Crippen molar-refractivity contribution in [2.45, 2.75) is 18.9 Å². The lowest BCUT2D eigenvalue weighted by molar-refractivity contribution is 0.0787. The number of thiophene rings is 1. The topological polar surface area (TPSA) is 23.6 Å². The number of carbonyl (C=O) groups is 1. The van der Waals surface area contributed by atoms with Gasteiger partial charge in [-0.2, -0.15) is 0 Å². The van der Waals surface area contributed by atoms with E-state index in [4.69, 9.17) is 0 Å². The number of rotatable bonds is 4. The first-order chi connectivity index (χ1) is 13.5. The van der Waals surface area contributed by atoms with Gasteiger partial charge in [-0.3, -0.25) is 4.79 Å². The highest BCUT2D eigenvalue weighted by molar-refractivity contribution is 7.17. The van der Waals surface area contributed by atoms with E-state index in [1.54, 1.807) is 11.3 Å². The second-order valence-electron chi connectivity index (χ2n) is 7.79. The number of likely N-dealkylation sites (tertiary alicyclic amines) is 1. The van der Waals surface area contributed by atoms with Crippen LogP contribution in [0.15, 0.2) is 66.7 Å². The number of carbonyl (C=O) groups excluding carboxylic acids is 1. The van der Waals surface area contributed by atoms with Gasteiger partial charge >= 0.3 is 0 Å². The summed E-state index contributed by atoms with van der Waals surface area (Å²) in [5.41, 5.74) is 3.75. The average Bonchev–Trinajstić information content (AvgIpc) is 3.37. The lowest BCUT2D eigenvalue weighted by Gasteiger charge is -2.25. The predicted molar refractivity (Wildman–Crippen MR) is 117 cm³/mol. The van der Waals surface area contributed by atoms with Gasteiger partial charge in [-0.25, -0.2) is 0 Å². The number of benzene rings is 2. The molecule has 4 rings (SSSR count). The molecule has 0 N–H and O–H groups in total. The molecule has 0 radical (unpaired) electrons. The quantitative estimate of drug-likeness (QED) is 0.633. The van der Waals surface area contributed by atoms with Crippen LogP contribution in [0.25, 0.3) is 10.4 Å². The van der Waals surface area contributed by atoms with Gasteiger partial charge in [0.05, 0.1) is 4.88 Å². The van der Waals surface area contributed by atoms with Crippen LogP contribution in [0.2, 0.25) is 0 Å². The van der Waals surface area contributed by atoms with Crippen LogP contribution in [0.4, 0.5) is 0 Å². The standard InChI is InChI=1S/C24H26N2OS/c1-17-9-11-18(12-10-17)20-15-26(16-21(20)25(2)3)24(27)23-14-13-22(28-23)19-7-5-4-6-8-19/h4-14,20-21H,15-16H2,1-3H3/t20-,21+/m0/s1. The summed E-state index contributed by atoms with van der Waals surface area (Å²) in [5.74, 6) is 0.488. The molecular weight excluding hydrogens is 364 g/mol. The van der Waals surface area contributed by atoms with Crippen molar-refractivity contribution >= 4 is 17.2 Å². The molecular formula is C24H26N2OS. The Balaban J connectivity index is 1.55. The summed E-state index contributed by atoms with van der Waals surface area (Å²) in [6.45, 7) is 3.64. The molecule has 0 bridgehead atoms. The van der Waals surface area contributed by atoms with Gasteiger partial charge < -0.3 is 9.80 Å². The molecule has 0 aliphatic carbocycles. The third-order valence-corrected chi connectivity index (χ3v) is 6.74.